The topological polar surface area (TPSA) is 18.5 Å². The van der Waals surface area contributed by atoms with E-state index in [0.717, 1.165) is 23.7 Å². The zero-order chi connectivity index (χ0) is 10.8. The minimum Gasteiger partial charge on any atom is -0.425 e. The normalized spacial score (nSPS) is 33.4. The lowest BCUT2D eigenvalue weighted by Gasteiger charge is -2.39. The van der Waals surface area contributed by atoms with Crippen LogP contribution in [0.15, 0.2) is 0 Å². The Morgan fingerprint density at radius 1 is 1.43 bits per heavy atom. The van der Waals surface area contributed by atoms with Gasteiger partial charge in [0, 0.05) is 6.61 Å². The first-order valence-corrected chi connectivity index (χ1v) is 6.49. The summed E-state index contributed by atoms with van der Waals surface area (Å²) in [5, 5.41) is 0. The van der Waals surface area contributed by atoms with Crippen LogP contribution in [0, 0.1) is 17.8 Å². The summed E-state index contributed by atoms with van der Waals surface area (Å²) < 4.78 is 11.5. The minimum atomic E-state index is -0.00405. The summed E-state index contributed by atoms with van der Waals surface area (Å²) in [7, 11) is 0.810. The molecule has 2 atom stereocenters. The molecule has 0 aromatic carbocycles. The summed E-state index contributed by atoms with van der Waals surface area (Å²) in [6, 6.07) is 0. The predicted octanol–water partition coefficient (Wildman–Crippen LogP) is 1.37. The predicted molar refractivity (Wildman–Crippen MR) is 62.4 cm³/mol. The van der Waals surface area contributed by atoms with Crippen LogP contribution >= 0.6 is 0 Å². The number of rotatable bonds is 4. The molecular formula is C11H24O2Si. The van der Waals surface area contributed by atoms with Crippen LogP contribution in [0.4, 0.5) is 0 Å². The maximum atomic E-state index is 6.01. The van der Waals surface area contributed by atoms with Crippen molar-refractivity contribution in [1.29, 1.82) is 0 Å². The summed E-state index contributed by atoms with van der Waals surface area (Å²) in [4.78, 5) is 0. The van der Waals surface area contributed by atoms with Crippen molar-refractivity contribution in [2.45, 2.75) is 39.7 Å². The van der Waals surface area contributed by atoms with Crippen molar-refractivity contribution >= 4 is 10.5 Å². The molecule has 0 aliphatic carbocycles. The van der Waals surface area contributed by atoms with Gasteiger partial charge in [-0.25, -0.2) is 0 Å². The van der Waals surface area contributed by atoms with Gasteiger partial charge in [-0.3, -0.25) is 0 Å². The largest absolute Gasteiger partial charge is 0.425 e. The highest BCUT2D eigenvalue weighted by Gasteiger charge is 2.47. The monoisotopic (exact) mass is 216 g/mol. The molecule has 14 heavy (non-hydrogen) atoms. The van der Waals surface area contributed by atoms with Gasteiger partial charge in [0.2, 0.25) is 0 Å². The first kappa shape index (κ1) is 12.2. The third-order valence-corrected chi connectivity index (χ3v) is 3.87. The van der Waals surface area contributed by atoms with Crippen molar-refractivity contribution in [2.75, 3.05) is 13.2 Å². The van der Waals surface area contributed by atoms with E-state index in [1.165, 1.54) is 6.42 Å². The molecule has 2 unspecified atom stereocenters. The number of ether oxygens (including phenoxy) is 1. The van der Waals surface area contributed by atoms with Crippen molar-refractivity contribution < 1.29 is 9.16 Å². The average Bonchev–Trinajstić information content (AvgIpc) is 2.50. The average molecular weight is 216 g/mol. The fourth-order valence-electron chi connectivity index (χ4n) is 2.76. The Morgan fingerprint density at radius 3 is 2.50 bits per heavy atom. The number of hydrogen-bond acceptors (Lipinski definition) is 2. The Balaban J connectivity index is 2.83. The van der Waals surface area contributed by atoms with E-state index in [9.17, 15) is 0 Å². The van der Waals surface area contributed by atoms with E-state index in [2.05, 4.69) is 27.7 Å². The van der Waals surface area contributed by atoms with Crippen LogP contribution in [0.5, 0.6) is 0 Å². The molecule has 0 bridgehead atoms. The zero-order valence-corrected chi connectivity index (χ0v) is 12.2. The van der Waals surface area contributed by atoms with Gasteiger partial charge in [0.05, 0.1) is 12.2 Å². The third kappa shape index (κ3) is 2.04. The van der Waals surface area contributed by atoms with Crippen LogP contribution in [0.3, 0.4) is 0 Å². The van der Waals surface area contributed by atoms with Crippen molar-refractivity contribution in [2.24, 2.45) is 17.8 Å². The Kier molecular flexibility index (Phi) is 4.16. The van der Waals surface area contributed by atoms with Gasteiger partial charge in [0.1, 0.15) is 10.5 Å². The molecule has 0 aromatic rings. The van der Waals surface area contributed by atoms with Crippen LogP contribution in [-0.4, -0.2) is 29.3 Å². The van der Waals surface area contributed by atoms with E-state index in [1.54, 1.807) is 0 Å². The minimum absolute atomic E-state index is 0.00405. The summed E-state index contributed by atoms with van der Waals surface area (Å²) >= 11 is 0. The van der Waals surface area contributed by atoms with Gasteiger partial charge in [-0.15, -0.1) is 0 Å². The smallest absolute Gasteiger partial charge is 0.146 e. The molecule has 0 spiro atoms. The van der Waals surface area contributed by atoms with Gasteiger partial charge >= 0.3 is 0 Å². The molecular weight excluding hydrogens is 192 g/mol. The molecule has 0 aromatic heterocycles. The zero-order valence-electron chi connectivity index (χ0n) is 10.2. The lowest BCUT2D eigenvalue weighted by atomic mass is 9.74. The van der Waals surface area contributed by atoms with E-state index < -0.39 is 0 Å². The van der Waals surface area contributed by atoms with Crippen molar-refractivity contribution in [3.05, 3.63) is 0 Å². The van der Waals surface area contributed by atoms with Crippen molar-refractivity contribution in [3.63, 3.8) is 0 Å². The van der Waals surface area contributed by atoms with Crippen LogP contribution in [-0.2, 0) is 9.16 Å². The van der Waals surface area contributed by atoms with Gasteiger partial charge in [-0.05, 0) is 24.2 Å². The molecule has 1 saturated heterocycles. The maximum Gasteiger partial charge on any atom is 0.146 e. The van der Waals surface area contributed by atoms with Crippen molar-refractivity contribution in [3.8, 4) is 0 Å². The first-order chi connectivity index (χ1) is 6.54. The molecule has 1 aliphatic heterocycles. The molecule has 1 aliphatic rings. The molecule has 84 valence electrons. The SMILES string of the molecule is CC(C)C1CCOC1(CO[SiH3])C(C)C. The fraction of sp³-hybridized carbons (Fsp3) is 1.00. The number of hydrogen-bond donors (Lipinski definition) is 0. The van der Waals surface area contributed by atoms with Gasteiger partial charge in [-0.2, -0.15) is 0 Å². The van der Waals surface area contributed by atoms with E-state index in [0.29, 0.717) is 17.8 Å². The summed E-state index contributed by atoms with van der Waals surface area (Å²) in [5.41, 5.74) is -0.00405. The highest BCUT2D eigenvalue weighted by atomic mass is 28.2. The molecule has 0 amide bonds. The second-order valence-corrected chi connectivity index (χ2v) is 5.61. The van der Waals surface area contributed by atoms with Gasteiger partial charge in [-0.1, -0.05) is 27.7 Å². The lowest BCUT2D eigenvalue weighted by Crippen LogP contribution is -2.47. The van der Waals surface area contributed by atoms with E-state index in [-0.39, 0.29) is 5.60 Å². The fourth-order valence-corrected chi connectivity index (χ4v) is 3.21. The lowest BCUT2D eigenvalue weighted by molar-refractivity contribution is -0.0946. The molecule has 1 fully saturated rings. The second kappa shape index (κ2) is 4.77. The van der Waals surface area contributed by atoms with Crippen LogP contribution in [0.2, 0.25) is 0 Å². The molecule has 2 nitrogen and oxygen atoms in total. The molecule has 0 N–H and O–H groups in total. The molecule has 0 saturated carbocycles. The van der Waals surface area contributed by atoms with Gasteiger partial charge in [0.15, 0.2) is 0 Å². The van der Waals surface area contributed by atoms with Gasteiger partial charge < -0.3 is 9.16 Å². The summed E-state index contributed by atoms with van der Waals surface area (Å²) in [6.07, 6.45) is 1.20. The van der Waals surface area contributed by atoms with Crippen LogP contribution < -0.4 is 0 Å². The second-order valence-electron chi connectivity index (χ2n) is 5.03. The van der Waals surface area contributed by atoms with E-state index in [4.69, 9.17) is 9.16 Å². The Labute approximate surface area is 90.9 Å². The molecule has 0 radical (unpaired) electrons. The highest BCUT2D eigenvalue weighted by molar-refractivity contribution is 5.98. The molecule has 1 rings (SSSR count). The summed E-state index contributed by atoms with van der Waals surface area (Å²) in [5.74, 6) is 1.90. The quantitative estimate of drug-likeness (QED) is 0.661. The van der Waals surface area contributed by atoms with E-state index >= 15 is 0 Å². The van der Waals surface area contributed by atoms with Crippen LogP contribution in [0.25, 0.3) is 0 Å². The van der Waals surface area contributed by atoms with Gasteiger partial charge in [0.25, 0.3) is 0 Å². The molecule has 1 heterocycles. The third-order valence-electron chi connectivity index (χ3n) is 3.58. The Bertz CT molecular complexity index is 182. The summed E-state index contributed by atoms with van der Waals surface area (Å²) in [6.45, 7) is 10.8. The van der Waals surface area contributed by atoms with E-state index in [1.807, 2.05) is 0 Å². The Hall–Kier alpha value is 0.137. The van der Waals surface area contributed by atoms with Crippen molar-refractivity contribution in [1.82, 2.24) is 0 Å². The Morgan fingerprint density at radius 2 is 2.07 bits per heavy atom. The standard InChI is InChI=1S/C11H24O2Si/c1-8(2)10-5-6-12-11(10,7-13-14)9(3)4/h8-10H,5-7H2,1-4,14H3. The molecule has 3 heteroatoms. The van der Waals surface area contributed by atoms with Crippen LogP contribution in [0.1, 0.15) is 34.1 Å². The maximum absolute atomic E-state index is 6.01. The first-order valence-electron chi connectivity index (χ1n) is 5.67. The highest BCUT2D eigenvalue weighted by Crippen LogP contribution is 2.42.